The Morgan fingerprint density at radius 3 is 2.31 bits per heavy atom. The summed E-state index contributed by atoms with van der Waals surface area (Å²) in [6.45, 7) is 13.1. The zero-order chi connectivity index (χ0) is 34.1. The van der Waals surface area contributed by atoms with Crippen LogP contribution in [0, 0.1) is 56.7 Å². The zero-order valence-corrected chi connectivity index (χ0v) is 30.3. The van der Waals surface area contributed by atoms with Gasteiger partial charge < -0.3 is 14.6 Å². The van der Waals surface area contributed by atoms with E-state index in [9.17, 15) is 14.7 Å². The van der Waals surface area contributed by atoms with E-state index < -0.39 is 0 Å². The fraction of sp³-hybridized carbons (Fsp3) is 0.674. The lowest BCUT2D eigenvalue weighted by molar-refractivity contribution is -0.236. The number of hydrogen-bond acceptors (Lipinski definition) is 5. The van der Waals surface area contributed by atoms with E-state index >= 15 is 0 Å². The number of rotatable bonds is 6. The lowest BCUT2D eigenvalue weighted by Gasteiger charge is -2.73. The molecule has 0 aromatic heterocycles. The molecule has 5 nitrogen and oxygen atoms in total. The van der Waals surface area contributed by atoms with Gasteiger partial charge in [0.1, 0.15) is 6.61 Å². The van der Waals surface area contributed by atoms with Crippen molar-refractivity contribution in [1.29, 1.82) is 0 Å². The molecule has 0 bridgehead atoms. The SMILES string of the molecule is COC(=O)c1ccc(C2=CC(CO)[C@@]3(C)C(CC[C@]4(C)C3CC[C@@H]3[C@H]5CCC[C@]5(C(=O)OCC5=CCCC=C5)CC[C@]34C)C2(C)C)cc1. The predicted octanol–water partition coefficient (Wildman–Crippen LogP) is 9.36. The minimum absolute atomic E-state index is 0.0426. The number of benzene rings is 1. The Labute approximate surface area is 288 Å². The van der Waals surface area contributed by atoms with E-state index in [2.05, 4.69) is 71.1 Å². The lowest BCUT2D eigenvalue weighted by Crippen LogP contribution is -2.67. The zero-order valence-electron chi connectivity index (χ0n) is 30.3. The fourth-order valence-electron chi connectivity index (χ4n) is 13.3. The summed E-state index contributed by atoms with van der Waals surface area (Å²) in [4.78, 5) is 26.2. The normalized spacial score (nSPS) is 41.1. The Morgan fingerprint density at radius 1 is 0.854 bits per heavy atom. The smallest absolute Gasteiger partial charge is 0.337 e. The maximum atomic E-state index is 14.1. The molecule has 0 amide bonds. The van der Waals surface area contributed by atoms with E-state index in [0.29, 0.717) is 35.8 Å². The molecule has 7 rings (SSSR count). The van der Waals surface area contributed by atoms with Gasteiger partial charge in [0.25, 0.3) is 0 Å². The molecule has 0 heterocycles. The topological polar surface area (TPSA) is 72.8 Å². The monoisotopic (exact) mass is 654 g/mol. The Bertz CT molecular complexity index is 1530. The second-order valence-corrected chi connectivity index (χ2v) is 17.7. The molecule has 6 aliphatic rings. The third-order valence-corrected chi connectivity index (χ3v) is 15.9. The molecule has 0 spiro atoms. The molecule has 4 fully saturated rings. The predicted molar refractivity (Wildman–Crippen MR) is 190 cm³/mol. The molecule has 4 saturated carbocycles. The van der Waals surface area contributed by atoms with Crippen LogP contribution < -0.4 is 0 Å². The van der Waals surface area contributed by atoms with Crippen LogP contribution in [0.5, 0.6) is 0 Å². The summed E-state index contributed by atoms with van der Waals surface area (Å²) in [5, 5.41) is 11.1. The van der Waals surface area contributed by atoms with Crippen molar-refractivity contribution in [2.45, 2.75) is 105 Å². The van der Waals surface area contributed by atoms with Crippen LogP contribution in [0.4, 0.5) is 0 Å². The standard InChI is InChI=1S/C43H58O5/c1-39(2)34(29-14-16-30(17-15-29)37(45)47-6)25-31(26-44)42(5)35(39)20-22-41(4)36(42)19-18-32-33-13-10-21-43(33,24-23-40(32,41)3)38(46)48-27-28-11-8-7-9-12-28/h8,11-12,14-17,25,31-33,35-36,44H,7,9-10,13,18-24,26-27H2,1-6H3/t31?,32-,33-,35?,36?,40-,41-,42+,43+/m1/s1. The van der Waals surface area contributed by atoms with Gasteiger partial charge in [-0.1, -0.05) is 77.5 Å². The van der Waals surface area contributed by atoms with Gasteiger partial charge in [-0.25, -0.2) is 4.79 Å². The number of carbonyl (C=O) groups excluding carboxylic acids is 2. The van der Waals surface area contributed by atoms with E-state index in [1.807, 2.05) is 12.1 Å². The molecule has 48 heavy (non-hydrogen) atoms. The summed E-state index contributed by atoms with van der Waals surface area (Å²) in [6.07, 6.45) is 21.0. The fourth-order valence-corrected chi connectivity index (χ4v) is 13.3. The average Bonchev–Trinajstić information content (AvgIpc) is 3.53. The highest BCUT2D eigenvalue weighted by molar-refractivity contribution is 5.90. The minimum atomic E-state index is -0.324. The summed E-state index contributed by atoms with van der Waals surface area (Å²) in [5.74, 6) is 1.65. The maximum Gasteiger partial charge on any atom is 0.337 e. The van der Waals surface area contributed by atoms with E-state index in [1.165, 1.54) is 19.1 Å². The van der Waals surface area contributed by atoms with Crippen LogP contribution in [0.1, 0.15) is 121 Å². The third kappa shape index (κ3) is 4.72. The molecule has 6 aliphatic carbocycles. The summed E-state index contributed by atoms with van der Waals surface area (Å²) in [7, 11) is 1.42. The van der Waals surface area contributed by atoms with Crippen molar-refractivity contribution in [2.75, 3.05) is 20.3 Å². The van der Waals surface area contributed by atoms with Crippen LogP contribution in [-0.2, 0) is 14.3 Å². The molecular formula is C43H58O5. The van der Waals surface area contributed by atoms with E-state index in [0.717, 1.165) is 75.3 Å². The van der Waals surface area contributed by atoms with Crippen LogP contribution in [-0.4, -0.2) is 37.4 Å². The van der Waals surface area contributed by atoms with Gasteiger partial charge in [-0.2, -0.15) is 0 Å². The van der Waals surface area contributed by atoms with Crippen molar-refractivity contribution in [3.05, 3.63) is 65.3 Å². The largest absolute Gasteiger partial charge is 0.465 e. The van der Waals surface area contributed by atoms with Crippen LogP contribution >= 0.6 is 0 Å². The quantitative estimate of drug-likeness (QED) is 0.310. The first-order valence-corrected chi connectivity index (χ1v) is 18.9. The summed E-state index contributed by atoms with van der Waals surface area (Å²) < 4.78 is 11.1. The molecule has 0 radical (unpaired) electrons. The van der Waals surface area contributed by atoms with Gasteiger partial charge in [-0.3, -0.25) is 4.79 Å². The second kappa shape index (κ2) is 12.0. The van der Waals surface area contributed by atoms with Crippen LogP contribution in [0.2, 0.25) is 0 Å². The number of aliphatic hydroxyl groups is 1. The number of methoxy groups -OCH3 is 1. The first-order valence-electron chi connectivity index (χ1n) is 18.9. The van der Waals surface area contributed by atoms with E-state index in [1.54, 1.807) is 0 Å². The van der Waals surface area contributed by atoms with Gasteiger partial charge in [0.2, 0.25) is 0 Å². The van der Waals surface area contributed by atoms with E-state index in [-0.39, 0.29) is 51.5 Å². The molecule has 1 aromatic rings. The van der Waals surface area contributed by atoms with Crippen molar-refractivity contribution >= 4 is 17.5 Å². The maximum absolute atomic E-state index is 14.1. The molecule has 9 atom stereocenters. The van der Waals surface area contributed by atoms with Crippen LogP contribution in [0.15, 0.2) is 54.1 Å². The van der Waals surface area contributed by atoms with Crippen LogP contribution in [0.25, 0.3) is 5.57 Å². The molecule has 260 valence electrons. The number of fused-ring (bicyclic) bond motifs is 7. The Kier molecular flexibility index (Phi) is 8.45. The molecule has 1 N–H and O–H groups in total. The molecule has 1 aromatic carbocycles. The van der Waals surface area contributed by atoms with Gasteiger partial charge in [-0.05, 0) is 138 Å². The molecule has 0 saturated heterocycles. The number of ether oxygens (including phenoxy) is 2. The number of aliphatic hydroxyl groups excluding tert-OH is 1. The number of carbonyl (C=O) groups is 2. The summed E-state index contributed by atoms with van der Waals surface area (Å²) in [6, 6.07) is 7.85. The molecular weight excluding hydrogens is 596 g/mol. The van der Waals surface area contributed by atoms with Gasteiger partial charge in [-0.15, -0.1) is 0 Å². The highest BCUT2D eigenvalue weighted by atomic mass is 16.5. The Hall–Kier alpha value is -2.66. The second-order valence-electron chi connectivity index (χ2n) is 17.7. The minimum Gasteiger partial charge on any atom is -0.465 e. The Balaban J connectivity index is 1.19. The van der Waals surface area contributed by atoms with Gasteiger partial charge in [0, 0.05) is 12.5 Å². The average molecular weight is 655 g/mol. The first kappa shape index (κ1) is 33.8. The van der Waals surface area contributed by atoms with Crippen molar-refractivity contribution in [2.24, 2.45) is 56.7 Å². The van der Waals surface area contributed by atoms with Crippen molar-refractivity contribution in [3.8, 4) is 0 Å². The number of hydrogen-bond donors (Lipinski definition) is 1. The molecule has 3 unspecified atom stereocenters. The van der Waals surface area contributed by atoms with Gasteiger partial charge >= 0.3 is 11.9 Å². The highest BCUT2D eigenvalue weighted by Crippen LogP contribution is 2.77. The first-order chi connectivity index (χ1) is 22.9. The number of allylic oxidation sites excluding steroid dienone is 3. The summed E-state index contributed by atoms with van der Waals surface area (Å²) in [5.41, 5.74) is 3.94. The molecule has 5 heteroatoms. The van der Waals surface area contributed by atoms with Crippen LogP contribution in [0.3, 0.4) is 0 Å². The van der Waals surface area contributed by atoms with Crippen molar-refractivity contribution in [3.63, 3.8) is 0 Å². The number of esters is 2. The lowest BCUT2D eigenvalue weighted by atomic mass is 9.31. The molecule has 0 aliphatic heterocycles. The van der Waals surface area contributed by atoms with Crippen molar-refractivity contribution < 1.29 is 24.2 Å². The van der Waals surface area contributed by atoms with Crippen molar-refractivity contribution in [1.82, 2.24) is 0 Å². The van der Waals surface area contributed by atoms with Gasteiger partial charge in [0.05, 0.1) is 18.1 Å². The Morgan fingerprint density at radius 2 is 1.62 bits per heavy atom. The van der Waals surface area contributed by atoms with Gasteiger partial charge in [0.15, 0.2) is 0 Å². The third-order valence-electron chi connectivity index (χ3n) is 15.9. The highest BCUT2D eigenvalue weighted by Gasteiger charge is 2.71. The summed E-state index contributed by atoms with van der Waals surface area (Å²) >= 11 is 0. The van der Waals surface area contributed by atoms with E-state index in [4.69, 9.17) is 9.47 Å².